The molecule has 0 fully saturated rings. The molecule has 0 bridgehead atoms. The molecular weight excluding hydrogens is 282 g/mol. The summed E-state index contributed by atoms with van der Waals surface area (Å²) in [4.78, 5) is 0. The summed E-state index contributed by atoms with van der Waals surface area (Å²) in [6, 6.07) is 10.1. The van der Waals surface area contributed by atoms with Crippen molar-refractivity contribution in [1.82, 2.24) is 5.43 Å². The van der Waals surface area contributed by atoms with Gasteiger partial charge in [0, 0.05) is 10.8 Å². The zero-order valence-corrected chi connectivity index (χ0v) is 12.6. The largest absolute Gasteiger partial charge is 0.456 e. The molecule has 0 atom stereocenters. The molecule has 106 valence electrons. The van der Waals surface area contributed by atoms with E-state index in [-0.39, 0.29) is 5.11 Å². The highest BCUT2D eigenvalue weighted by Crippen LogP contribution is 2.34. The maximum atomic E-state index is 5.96. The molecule has 0 saturated heterocycles. The van der Waals surface area contributed by atoms with E-state index in [2.05, 4.69) is 23.5 Å². The molecule has 0 aliphatic carbocycles. The third-order valence-electron chi connectivity index (χ3n) is 3.51. The van der Waals surface area contributed by atoms with Crippen LogP contribution in [0.25, 0.3) is 21.9 Å². The summed E-state index contributed by atoms with van der Waals surface area (Å²) in [5.41, 5.74) is 13.0. The molecule has 4 nitrogen and oxygen atoms in total. The van der Waals surface area contributed by atoms with Gasteiger partial charge < -0.3 is 10.2 Å². The van der Waals surface area contributed by atoms with Gasteiger partial charge in [-0.1, -0.05) is 18.2 Å². The van der Waals surface area contributed by atoms with Crippen LogP contribution >= 0.6 is 12.2 Å². The topological polar surface area (TPSA) is 63.5 Å². The Hall–Kier alpha value is -2.40. The molecule has 0 spiro atoms. The maximum Gasteiger partial charge on any atom is 0.184 e. The second kappa shape index (κ2) is 5.18. The highest BCUT2D eigenvalue weighted by atomic mass is 32.1. The van der Waals surface area contributed by atoms with Gasteiger partial charge >= 0.3 is 0 Å². The van der Waals surface area contributed by atoms with Gasteiger partial charge in [-0.25, -0.2) is 0 Å². The molecule has 1 aromatic heterocycles. The summed E-state index contributed by atoms with van der Waals surface area (Å²) in [6.07, 6.45) is 1.72. The van der Waals surface area contributed by atoms with Crippen LogP contribution in [-0.2, 0) is 0 Å². The molecule has 0 unspecified atom stereocenters. The number of nitrogens with zero attached hydrogens (tertiary/aromatic N) is 1. The fourth-order valence-electron chi connectivity index (χ4n) is 2.55. The van der Waals surface area contributed by atoms with Crippen LogP contribution in [0.4, 0.5) is 0 Å². The van der Waals surface area contributed by atoms with E-state index < -0.39 is 0 Å². The number of hydrogen-bond donors (Lipinski definition) is 2. The van der Waals surface area contributed by atoms with Crippen LogP contribution in [0.2, 0.25) is 0 Å². The standard InChI is InChI=1S/C16H15N3OS/c1-9-7-11(8-18-19-16(17)21)10(2)14-12-5-3-4-6-13(12)20-15(9)14/h3-8H,1-2H3,(H3,17,19,21)/b18-8+. The molecule has 3 N–H and O–H groups in total. The van der Waals surface area contributed by atoms with Crippen molar-refractivity contribution in [3.05, 3.63) is 47.0 Å². The van der Waals surface area contributed by atoms with Crippen LogP contribution in [0.3, 0.4) is 0 Å². The van der Waals surface area contributed by atoms with Crippen molar-refractivity contribution in [3.8, 4) is 0 Å². The van der Waals surface area contributed by atoms with Crippen LogP contribution in [0.15, 0.2) is 39.9 Å². The molecule has 3 aromatic rings. The lowest BCUT2D eigenvalue weighted by molar-refractivity contribution is 0.665. The molecule has 0 aliphatic heterocycles. The SMILES string of the molecule is Cc1cc(/C=N/NC(N)=S)c(C)c2c1oc1ccccc12. The van der Waals surface area contributed by atoms with Gasteiger partial charge in [-0.3, -0.25) is 5.43 Å². The van der Waals surface area contributed by atoms with Crippen molar-refractivity contribution in [2.24, 2.45) is 10.8 Å². The zero-order chi connectivity index (χ0) is 15.0. The molecule has 5 heteroatoms. The van der Waals surface area contributed by atoms with Crippen molar-refractivity contribution in [1.29, 1.82) is 0 Å². The Morgan fingerprint density at radius 1 is 1.33 bits per heavy atom. The number of rotatable bonds is 2. The van der Waals surface area contributed by atoms with Gasteiger partial charge in [0.15, 0.2) is 5.11 Å². The second-order valence-corrected chi connectivity index (χ2v) is 5.38. The number of aryl methyl sites for hydroxylation is 2. The zero-order valence-electron chi connectivity index (χ0n) is 11.8. The Balaban J connectivity index is 2.24. The molecule has 0 saturated carbocycles. The summed E-state index contributed by atoms with van der Waals surface area (Å²) in [5, 5.41) is 6.43. The number of benzene rings is 2. The van der Waals surface area contributed by atoms with E-state index in [0.29, 0.717) is 0 Å². The number of nitrogens with two attached hydrogens (primary N) is 1. The number of thiocarbonyl (C=S) groups is 1. The molecule has 0 amide bonds. The van der Waals surface area contributed by atoms with Gasteiger partial charge in [-0.2, -0.15) is 5.10 Å². The van der Waals surface area contributed by atoms with E-state index >= 15 is 0 Å². The number of hydrazone groups is 1. The minimum absolute atomic E-state index is 0.149. The van der Waals surface area contributed by atoms with Crippen molar-refractivity contribution in [3.63, 3.8) is 0 Å². The van der Waals surface area contributed by atoms with Crippen molar-refractivity contribution < 1.29 is 4.42 Å². The first-order chi connectivity index (χ1) is 10.1. The maximum absolute atomic E-state index is 5.96. The van der Waals surface area contributed by atoms with Crippen molar-refractivity contribution in [2.45, 2.75) is 13.8 Å². The quantitative estimate of drug-likeness (QED) is 0.432. The Labute approximate surface area is 127 Å². The van der Waals surface area contributed by atoms with E-state index in [4.69, 9.17) is 22.4 Å². The number of hydrogen-bond acceptors (Lipinski definition) is 3. The third-order valence-corrected chi connectivity index (χ3v) is 3.60. The van der Waals surface area contributed by atoms with Crippen LogP contribution in [0.1, 0.15) is 16.7 Å². The normalized spacial score (nSPS) is 11.5. The predicted molar refractivity (Wildman–Crippen MR) is 90.7 cm³/mol. The molecule has 21 heavy (non-hydrogen) atoms. The monoisotopic (exact) mass is 297 g/mol. The van der Waals surface area contributed by atoms with E-state index in [1.54, 1.807) is 6.21 Å². The molecule has 2 aromatic carbocycles. The highest BCUT2D eigenvalue weighted by molar-refractivity contribution is 7.80. The van der Waals surface area contributed by atoms with Gasteiger partial charge in [0.25, 0.3) is 0 Å². The molecule has 1 heterocycles. The first-order valence-electron chi connectivity index (χ1n) is 6.58. The lowest BCUT2D eigenvalue weighted by atomic mass is 9.99. The first kappa shape index (κ1) is 13.6. The van der Waals surface area contributed by atoms with Gasteiger partial charge in [0.05, 0.1) is 6.21 Å². The minimum atomic E-state index is 0.149. The fourth-order valence-corrected chi connectivity index (χ4v) is 2.60. The molecule has 0 radical (unpaired) electrons. The summed E-state index contributed by atoms with van der Waals surface area (Å²) in [6.45, 7) is 4.09. The van der Waals surface area contributed by atoms with E-state index in [9.17, 15) is 0 Å². The smallest absolute Gasteiger partial charge is 0.184 e. The summed E-state index contributed by atoms with van der Waals surface area (Å²) in [7, 11) is 0. The van der Waals surface area contributed by atoms with Crippen molar-refractivity contribution in [2.75, 3.05) is 0 Å². The second-order valence-electron chi connectivity index (χ2n) is 4.94. The van der Waals surface area contributed by atoms with Crippen LogP contribution in [0.5, 0.6) is 0 Å². The number of fused-ring (bicyclic) bond motifs is 3. The highest BCUT2D eigenvalue weighted by Gasteiger charge is 2.13. The number of para-hydroxylation sites is 1. The fraction of sp³-hybridized carbons (Fsp3) is 0.125. The first-order valence-corrected chi connectivity index (χ1v) is 6.98. The summed E-state index contributed by atoms with van der Waals surface area (Å²) < 4.78 is 5.96. The molecule has 3 rings (SSSR count). The number of furan rings is 1. The van der Waals surface area contributed by atoms with Gasteiger partial charge in [0.2, 0.25) is 0 Å². The van der Waals surface area contributed by atoms with Gasteiger partial charge in [0.1, 0.15) is 11.2 Å². The Morgan fingerprint density at radius 3 is 2.86 bits per heavy atom. The lowest BCUT2D eigenvalue weighted by Crippen LogP contribution is -2.24. The molecular formula is C16H15N3OS. The average Bonchev–Trinajstić information content (AvgIpc) is 2.84. The van der Waals surface area contributed by atoms with Crippen LogP contribution in [0, 0.1) is 13.8 Å². The van der Waals surface area contributed by atoms with Crippen LogP contribution in [-0.4, -0.2) is 11.3 Å². The van der Waals surface area contributed by atoms with Gasteiger partial charge in [-0.05, 0) is 54.9 Å². The van der Waals surface area contributed by atoms with E-state index in [1.165, 1.54) is 0 Å². The number of nitrogens with one attached hydrogen (secondary N) is 1. The molecule has 0 aliphatic rings. The van der Waals surface area contributed by atoms with E-state index in [1.807, 2.05) is 31.2 Å². The Morgan fingerprint density at radius 2 is 2.10 bits per heavy atom. The van der Waals surface area contributed by atoms with E-state index in [0.717, 1.165) is 38.6 Å². The minimum Gasteiger partial charge on any atom is -0.456 e. The average molecular weight is 297 g/mol. The Bertz CT molecular complexity index is 880. The van der Waals surface area contributed by atoms with Crippen LogP contribution < -0.4 is 11.2 Å². The third kappa shape index (κ3) is 2.36. The van der Waals surface area contributed by atoms with Crippen molar-refractivity contribution >= 4 is 45.5 Å². The summed E-state index contributed by atoms with van der Waals surface area (Å²) in [5.74, 6) is 0. The lowest BCUT2D eigenvalue weighted by Gasteiger charge is -2.05. The Kier molecular flexibility index (Phi) is 3.35. The van der Waals surface area contributed by atoms with Gasteiger partial charge in [-0.15, -0.1) is 0 Å². The predicted octanol–water partition coefficient (Wildman–Crippen LogP) is 3.37. The summed E-state index contributed by atoms with van der Waals surface area (Å²) >= 11 is 4.73.